The smallest absolute Gasteiger partial charge is 0 e. The second-order valence-corrected chi connectivity index (χ2v) is 0.854. The monoisotopic (exact) mass is 144 g/mol. The zero-order chi connectivity index (χ0) is 3.41. The topological polar surface area (TPSA) is 0 Å². The molecule has 6 heavy (non-hydrogen) atoms. The van der Waals surface area contributed by atoms with Crippen molar-refractivity contribution in [1.29, 1.82) is 0 Å². The Labute approximate surface area is 97.8 Å². The van der Waals surface area contributed by atoms with E-state index in [1.165, 1.54) is 6.42 Å². The van der Waals surface area contributed by atoms with Crippen molar-refractivity contribution in [1.82, 2.24) is 0 Å². The normalized spacial score (nSPS) is 5.00. The van der Waals surface area contributed by atoms with Crippen molar-refractivity contribution in [3.8, 4) is 0 Å². The van der Waals surface area contributed by atoms with Gasteiger partial charge in [0.15, 0.2) is 0 Å². The Bertz CT molecular complexity index is 9.51. The summed E-state index contributed by atoms with van der Waals surface area (Å²) in [6.07, 6.45) is 2.28. The number of unbranched alkanes of at least 4 members (excludes halogenated alkanes) is 1. The Kier molecular flexibility index (Phi) is 41.1. The second-order valence-electron chi connectivity index (χ2n) is 0.854. The van der Waals surface area contributed by atoms with Crippen LogP contribution in [0.25, 0.3) is 0 Å². The van der Waals surface area contributed by atoms with Gasteiger partial charge in [0, 0.05) is 73.1 Å². The summed E-state index contributed by atoms with van der Waals surface area (Å²) in [4.78, 5) is 0. The van der Waals surface area contributed by atoms with Crippen LogP contribution in [0.3, 0.4) is 0 Å². The van der Waals surface area contributed by atoms with Crippen LogP contribution in [0.1, 0.15) is 19.8 Å². The second kappa shape index (κ2) is 15.7. The molecule has 31 valence electrons. The molecule has 0 saturated heterocycles. The van der Waals surface area contributed by atoms with Crippen LogP contribution >= 0.6 is 0 Å². The summed E-state index contributed by atoms with van der Waals surface area (Å²) >= 11 is 0. The zero-order valence-corrected chi connectivity index (χ0v) is 9.31. The summed E-state index contributed by atoms with van der Waals surface area (Å²) in [7, 11) is 0. The molecule has 0 saturated carbocycles. The van der Waals surface area contributed by atoms with Crippen LogP contribution in [0.2, 0.25) is 0 Å². The summed E-state index contributed by atoms with van der Waals surface area (Å²) < 4.78 is 0. The van der Waals surface area contributed by atoms with Gasteiger partial charge in [0.2, 0.25) is 0 Å². The molecule has 0 amide bonds. The van der Waals surface area contributed by atoms with Gasteiger partial charge in [-0.3, -0.25) is 0 Å². The first-order valence-electron chi connectivity index (χ1n) is 1.71. The van der Waals surface area contributed by atoms with Crippen molar-refractivity contribution in [2.45, 2.75) is 19.8 Å². The molecule has 1 radical (unpaired) electrons. The fourth-order valence-corrected chi connectivity index (χ4v) is 0. The van der Waals surface area contributed by atoms with Crippen molar-refractivity contribution in [3.63, 3.8) is 0 Å². The molecule has 0 aromatic carbocycles. The average molecular weight is 144 g/mol. The molecule has 0 fully saturated rings. The minimum Gasteiger partial charge on any atom is -0.343 e. The molecule has 0 aliphatic heterocycles. The molecule has 0 nitrogen and oxygen atoms in total. The molecule has 0 unspecified atom stereocenters. The van der Waals surface area contributed by atoms with Crippen LogP contribution in [0.15, 0.2) is 0 Å². The van der Waals surface area contributed by atoms with Gasteiger partial charge in [-0.15, -0.1) is 0 Å². The standard InChI is InChI=1S/C4H9.K.Ti/c1-3-4-2;;/h1,3-4H2,2H3;;/q-1;;. The van der Waals surface area contributed by atoms with E-state index in [9.17, 15) is 0 Å². The predicted octanol–water partition coefficient (Wildman–Crippen LogP) is 1.24. The molecule has 2 heteroatoms. The molecular formula is C4H9KTi-. The summed E-state index contributed by atoms with van der Waals surface area (Å²) in [5.41, 5.74) is 0. The van der Waals surface area contributed by atoms with Gasteiger partial charge in [-0.25, -0.2) is 0 Å². The van der Waals surface area contributed by atoms with Crippen molar-refractivity contribution in [3.05, 3.63) is 6.92 Å². The zero-order valence-electron chi connectivity index (χ0n) is 4.62. The fraction of sp³-hybridized carbons (Fsp3) is 0.750. The summed E-state index contributed by atoms with van der Waals surface area (Å²) in [5, 5.41) is 0. The number of hydrogen-bond donors (Lipinski definition) is 0. The molecule has 0 N–H and O–H groups in total. The predicted molar refractivity (Wildman–Crippen MR) is 26.0 cm³/mol. The number of rotatable bonds is 1. The minimum atomic E-state index is 0. The Morgan fingerprint density at radius 1 is 1.50 bits per heavy atom. The molecule has 0 atom stereocenters. The van der Waals surface area contributed by atoms with Crippen molar-refractivity contribution < 1.29 is 21.7 Å². The largest absolute Gasteiger partial charge is 0.343 e. The first-order chi connectivity index (χ1) is 1.91. The maximum absolute atomic E-state index is 3.60. The van der Waals surface area contributed by atoms with Gasteiger partial charge in [-0.2, -0.15) is 6.42 Å². The maximum atomic E-state index is 3.60. The minimum absolute atomic E-state index is 0. The van der Waals surface area contributed by atoms with Crippen LogP contribution < -0.4 is 0 Å². The molecular weight excluding hydrogens is 135 g/mol. The molecule has 0 aromatic heterocycles. The van der Waals surface area contributed by atoms with Crippen LogP contribution in [-0.2, 0) is 21.7 Å². The van der Waals surface area contributed by atoms with Gasteiger partial charge in [0.05, 0.1) is 0 Å². The van der Waals surface area contributed by atoms with E-state index in [-0.39, 0.29) is 73.1 Å². The Hall–Kier alpha value is 2.35. The van der Waals surface area contributed by atoms with E-state index in [0.29, 0.717) is 0 Å². The van der Waals surface area contributed by atoms with E-state index in [1.807, 2.05) is 0 Å². The number of hydrogen-bond acceptors (Lipinski definition) is 0. The summed E-state index contributed by atoms with van der Waals surface area (Å²) in [5.74, 6) is 0. The molecule has 0 rings (SSSR count). The Morgan fingerprint density at radius 2 is 1.67 bits per heavy atom. The van der Waals surface area contributed by atoms with E-state index in [0.717, 1.165) is 6.42 Å². The van der Waals surface area contributed by atoms with Gasteiger partial charge in [0.25, 0.3) is 0 Å². The first-order valence-corrected chi connectivity index (χ1v) is 1.71. The average Bonchev–Trinajstić information content (AvgIpc) is 1.37. The van der Waals surface area contributed by atoms with Gasteiger partial charge in [0.1, 0.15) is 0 Å². The summed E-state index contributed by atoms with van der Waals surface area (Å²) in [6.45, 7) is 5.72. The van der Waals surface area contributed by atoms with Crippen molar-refractivity contribution >= 4 is 51.4 Å². The molecule has 0 aliphatic rings. The van der Waals surface area contributed by atoms with Gasteiger partial charge in [-0.05, 0) is 0 Å². The van der Waals surface area contributed by atoms with Crippen LogP contribution in [0, 0.1) is 6.92 Å². The van der Waals surface area contributed by atoms with E-state index in [2.05, 4.69) is 13.8 Å². The third-order valence-corrected chi connectivity index (χ3v) is 0.354. The molecule has 0 bridgehead atoms. The van der Waals surface area contributed by atoms with Crippen molar-refractivity contribution in [2.24, 2.45) is 0 Å². The van der Waals surface area contributed by atoms with E-state index in [1.54, 1.807) is 0 Å². The van der Waals surface area contributed by atoms with E-state index in [4.69, 9.17) is 0 Å². The van der Waals surface area contributed by atoms with E-state index < -0.39 is 0 Å². The Morgan fingerprint density at radius 3 is 1.67 bits per heavy atom. The van der Waals surface area contributed by atoms with E-state index >= 15 is 0 Å². The Balaban J connectivity index is -0.0000000450. The molecule has 0 aliphatic carbocycles. The molecule has 0 aromatic rings. The first kappa shape index (κ1) is 15.8. The van der Waals surface area contributed by atoms with Crippen LogP contribution in [0.5, 0.6) is 0 Å². The van der Waals surface area contributed by atoms with Crippen LogP contribution in [-0.4, -0.2) is 51.4 Å². The quantitative estimate of drug-likeness (QED) is 0.383. The van der Waals surface area contributed by atoms with Crippen LogP contribution in [0.4, 0.5) is 0 Å². The van der Waals surface area contributed by atoms with Gasteiger partial charge < -0.3 is 6.92 Å². The maximum Gasteiger partial charge on any atom is 0 e. The SMILES string of the molecule is [CH2-]CCC.[K].[Ti]. The third kappa shape index (κ3) is 16.2. The molecule has 0 spiro atoms. The van der Waals surface area contributed by atoms with Crippen molar-refractivity contribution in [2.75, 3.05) is 0 Å². The third-order valence-electron chi connectivity index (χ3n) is 0.354. The van der Waals surface area contributed by atoms with Gasteiger partial charge in [-0.1, -0.05) is 13.3 Å². The van der Waals surface area contributed by atoms with Gasteiger partial charge >= 0.3 is 0 Å². The molecule has 0 heterocycles. The summed E-state index contributed by atoms with van der Waals surface area (Å²) in [6, 6.07) is 0. The fourth-order valence-electron chi connectivity index (χ4n) is 0.